The molecule has 7 nitrogen and oxygen atoms in total. The molecule has 194 valence electrons. The van der Waals surface area contributed by atoms with Crippen LogP contribution in [0.3, 0.4) is 0 Å². The van der Waals surface area contributed by atoms with E-state index in [9.17, 15) is 22.4 Å². The highest BCUT2D eigenvalue weighted by Crippen LogP contribution is 2.50. The molecule has 0 aromatic heterocycles. The molecule has 0 saturated carbocycles. The number of nitrogens with one attached hydrogen (secondary N) is 1. The van der Waals surface area contributed by atoms with Crippen molar-refractivity contribution in [2.24, 2.45) is 5.16 Å². The lowest BCUT2D eigenvalue weighted by Crippen LogP contribution is -2.42. The largest absolute Gasteiger partial charge is 0.435 e. The minimum Gasteiger partial charge on any atom is -0.374 e. The van der Waals surface area contributed by atoms with E-state index >= 15 is 0 Å². The lowest BCUT2D eigenvalue weighted by atomic mass is 9.86. The highest BCUT2D eigenvalue weighted by Gasteiger charge is 2.62. The van der Waals surface area contributed by atoms with Crippen molar-refractivity contribution < 1.29 is 36.8 Å². The number of carbonyl (C=O) groups excluding carboxylic acids is 1. The maximum atomic E-state index is 14.2. The molecule has 1 N–H and O–H groups in total. The zero-order valence-corrected chi connectivity index (χ0v) is 22.4. The zero-order valence-electron chi connectivity index (χ0n) is 18.0. The molecule has 0 radical (unpaired) electrons. The van der Waals surface area contributed by atoms with Crippen LogP contribution in [0.2, 0.25) is 15.1 Å². The van der Waals surface area contributed by atoms with Gasteiger partial charge in [-0.1, -0.05) is 52.1 Å². The summed E-state index contributed by atoms with van der Waals surface area (Å²) in [4.78, 5) is 22.2. The third-order valence-electron chi connectivity index (χ3n) is 5.67. The van der Waals surface area contributed by atoms with Gasteiger partial charge in [-0.3, -0.25) is 14.9 Å². The van der Waals surface area contributed by atoms with E-state index in [2.05, 4.69) is 10.5 Å². The van der Waals surface area contributed by atoms with Crippen LogP contribution in [0.4, 0.5) is 17.6 Å². The van der Waals surface area contributed by atoms with Gasteiger partial charge in [-0.15, -0.1) is 0 Å². The Kier molecular flexibility index (Phi) is 7.97. The Labute approximate surface area is 231 Å². The third kappa shape index (κ3) is 5.00. The van der Waals surface area contributed by atoms with Crippen molar-refractivity contribution in [1.82, 2.24) is 8.59 Å². The SMILES string of the molecule is COC(NC1CON(I)C1=O)c1ccc(C2=NOC(c3cc(Cl)c(F)c(Cl)c3)(C(F)(F)F)C2)cc1Cl. The fraction of sp³-hybridized carbons (Fsp3) is 0.333. The molecule has 36 heavy (non-hydrogen) atoms. The Morgan fingerprint density at radius 3 is 2.42 bits per heavy atom. The molecule has 3 atom stereocenters. The standard InChI is InChI=1S/C21H15Cl3F4IN3O4/c1-34-18(30-16-8-35-32(29)19(16)33)11-3-2-9(4-12(11)22)15-7-20(36-31-15,21(26,27)28)10-5-13(23)17(25)14(24)6-10/h2-6,16,18,30H,7-8H2,1H3. The second-order valence-corrected chi connectivity index (χ2v) is 9.93. The predicted octanol–water partition coefficient (Wildman–Crippen LogP) is 6.10. The number of carbonyl (C=O) groups is 1. The van der Waals surface area contributed by atoms with Gasteiger partial charge in [0.15, 0.2) is 5.82 Å². The number of ether oxygens (including phenoxy) is 1. The quantitative estimate of drug-likeness (QED) is 0.131. The topological polar surface area (TPSA) is 72.4 Å². The molecule has 2 aromatic rings. The van der Waals surface area contributed by atoms with Gasteiger partial charge in [0.1, 0.15) is 18.9 Å². The van der Waals surface area contributed by atoms with Crippen molar-refractivity contribution >= 4 is 69.3 Å². The number of nitrogens with zero attached hydrogens (tertiary/aromatic N) is 2. The van der Waals surface area contributed by atoms with Gasteiger partial charge in [0.05, 0.1) is 38.6 Å². The van der Waals surface area contributed by atoms with Gasteiger partial charge in [-0.2, -0.15) is 16.4 Å². The number of amides is 1. The molecule has 2 aliphatic heterocycles. The van der Waals surface area contributed by atoms with E-state index in [0.717, 1.165) is 15.4 Å². The molecule has 2 aliphatic rings. The van der Waals surface area contributed by atoms with Gasteiger partial charge >= 0.3 is 6.18 Å². The van der Waals surface area contributed by atoms with Crippen LogP contribution in [0.25, 0.3) is 0 Å². The van der Waals surface area contributed by atoms with Crippen LogP contribution in [-0.4, -0.2) is 40.8 Å². The van der Waals surface area contributed by atoms with Gasteiger partial charge in [-0.05, 0) is 18.2 Å². The highest BCUT2D eigenvalue weighted by atomic mass is 127. The monoisotopic (exact) mass is 681 g/mol. The molecule has 0 spiro atoms. The summed E-state index contributed by atoms with van der Waals surface area (Å²) in [6, 6.07) is 5.36. The number of hydroxylamine groups is 1. The van der Waals surface area contributed by atoms with Crippen LogP contribution in [-0.2, 0) is 24.8 Å². The maximum absolute atomic E-state index is 14.2. The number of methoxy groups -OCH3 is 1. The smallest absolute Gasteiger partial charge is 0.374 e. The number of halogens is 8. The van der Waals surface area contributed by atoms with E-state index in [1.54, 1.807) is 22.9 Å². The number of oxime groups is 1. The predicted molar refractivity (Wildman–Crippen MR) is 131 cm³/mol. The van der Waals surface area contributed by atoms with Gasteiger partial charge in [0.25, 0.3) is 11.5 Å². The summed E-state index contributed by atoms with van der Waals surface area (Å²) in [6.45, 7) is 0.0857. The Hall–Kier alpha value is -1.42. The van der Waals surface area contributed by atoms with Crippen LogP contribution >= 0.6 is 57.7 Å². The molecular formula is C21H15Cl3F4IN3O4. The van der Waals surface area contributed by atoms with E-state index in [1.165, 1.54) is 25.3 Å². The van der Waals surface area contributed by atoms with Crippen molar-refractivity contribution in [2.75, 3.05) is 13.7 Å². The summed E-state index contributed by atoms with van der Waals surface area (Å²) in [5.41, 5.74) is -2.80. The molecule has 2 heterocycles. The van der Waals surface area contributed by atoms with Gasteiger partial charge in [-0.25, -0.2) is 4.39 Å². The van der Waals surface area contributed by atoms with Crippen molar-refractivity contribution in [3.05, 3.63) is 67.9 Å². The number of hydrogen-bond acceptors (Lipinski definition) is 6. The average molecular weight is 683 g/mol. The van der Waals surface area contributed by atoms with Gasteiger partial charge in [0, 0.05) is 35.2 Å². The van der Waals surface area contributed by atoms with E-state index in [1.807, 2.05) is 0 Å². The molecule has 0 aliphatic carbocycles. The fourth-order valence-electron chi connectivity index (χ4n) is 3.75. The van der Waals surface area contributed by atoms with Crippen LogP contribution < -0.4 is 5.32 Å². The summed E-state index contributed by atoms with van der Waals surface area (Å²) in [5.74, 6) is -1.35. The van der Waals surface area contributed by atoms with Crippen molar-refractivity contribution in [3.63, 3.8) is 0 Å². The molecule has 2 aromatic carbocycles. The Balaban J connectivity index is 1.60. The fourth-order valence-corrected chi connectivity index (χ4v) is 5.01. The number of benzene rings is 2. The Morgan fingerprint density at radius 1 is 1.22 bits per heavy atom. The first-order valence-electron chi connectivity index (χ1n) is 10.1. The molecule has 0 bridgehead atoms. The molecule has 1 amide bonds. The Morgan fingerprint density at radius 2 is 1.89 bits per heavy atom. The number of hydrogen-bond donors (Lipinski definition) is 1. The van der Waals surface area contributed by atoms with Crippen molar-refractivity contribution in [1.29, 1.82) is 0 Å². The second-order valence-electron chi connectivity index (χ2n) is 7.83. The second kappa shape index (κ2) is 10.4. The molecule has 1 saturated heterocycles. The van der Waals surface area contributed by atoms with E-state index in [4.69, 9.17) is 49.2 Å². The summed E-state index contributed by atoms with van der Waals surface area (Å²) in [6.07, 6.45) is -6.50. The summed E-state index contributed by atoms with van der Waals surface area (Å²) in [7, 11) is 1.40. The van der Waals surface area contributed by atoms with Gasteiger partial charge in [0.2, 0.25) is 0 Å². The van der Waals surface area contributed by atoms with Crippen LogP contribution in [0, 0.1) is 5.82 Å². The highest BCUT2D eigenvalue weighted by molar-refractivity contribution is 14.1. The average Bonchev–Trinajstić information content (AvgIpc) is 3.41. The van der Waals surface area contributed by atoms with Crippen LogP contribution in [0.15, 0.2) is 35.5 Å². The van der Waals surface area contributed by atoms with Crippen molar-refractivity contribution in [3.8, 4) is 0 Å². The molecule has 3 unspecified atom stereocenters. The minimum atomic E-state index is -4.94. The minimum absolute atomic E-state index is 0.0563. The third-order valence-corrected chi connectivity index (χ3v) is 7.30. The molecule has 4 rings (SSSR count). The number of rotatable bonds is 6. The number of alkyl halides is 3. The lowest BCUT2D eigenvalue weighted by Gasteiger charge is -2.29. The first-order chi connectivity index (χ1) is 16.9. The maximum Gasteiger partial charge on any atom is 0.435 e. The molecular weight excluding hydrogens is 668 g/mol. The van der Waals surface area contributed by atoms with E-state index in [0.29, 0.717) is 5.56 Å². The van der Waals surface area contributed by atoms with Crippen molar-refractivity contribution in [2.45, 2.75) is 30.5 Å². The normalized spacial score (nSPS) is 23.1. The summed E-state index contributed by atoms with van der Waals surface area (Å²) in [5, 5.41) is 5.62. The molecule has 15 heteroatoms. The molecule has 1 fully saturated rings. The lowest BCUT2D eigenvalue weighted by molar-refractivity contribution is -0.275. The van der Waals surface area contributed by atoms with Gasteiger partial charge < -0.3 is 9.57 Å². The Bertz CT molecular complexity index is 1210. The first kappa shape index (κ1) is 27.6. The summed E-state index contributed by atoms with van der Waals surface area (Å²) < 4.78 is 63.0. The first-order valence-corrected chi connectivity index (χ1v) is 12.2. The van der Waals surface area contributed by atoms with Crippen LogP contribution in [0.1, 0.15) is 29.3 Å². The zero-order chi connectivity index (χ0) is 26.4. The van der Waals surface area contributed by atoms with E-state index < -0.39 is 51.9 Å². The summed E-state index contributed by atoms with van der Waals surface area (Å²) >= 11 is 19.6. The van der Waals surface area contributed by atoms with Crippen LogP contribution in [0.5, 0.6) is 0 Å². The van der Waals surface area contributed by atoms with E-state index in [-0.39, 0.29) is 28.8 Å².